The quantitative estimate of drug-likeness (QED) is 0.451. The van der Waals surface area contributed by atoms with Crippen molar-refractivity contribution in [2.24, 2.45) is 0 Å². The minimum absolute atomic E-state index is 0.374. The highest BCUT2D eigenvalue weighted by Crippen LogP contribution is 2.20. The van der Waals surface area contributed by atoms with Crippen LogP contribution >= 0.6 is 22.6 Å². The first-order valence-corrected chi connectivity index (χ1v) is 4.52. The molecule has 0 aliphatic rings. The Morgan fingerprint density at radius 3 is 2.77 bits per heavy atom. The van der Waals surface area contributed by atoms with Gasteiger partial charge in [-0.15, -0.1) is 0 Å². The highest BCUT2D eigenvalue weighted by atomic mass is 127. The first-order chi connectivity index (χ1) is 6.19. The number of rotatable bonds is 1. The van der Waals surface area contributed by atoms with E-state index in [4.69, 9.17) is 6.57 Å². The van der Waals surface area contributed by atoms with E-state index in [2.05, 4.69) is 9.58 Å². The Morgan fingerprint density at radius 2 is 2.31 bits per heavy atom. The smallest absolute Gasteiger partial charge is 0.338 e. The van der Waals surface area contributed by atoms with Gasteiger partial charge in [0.05, 0.1) is 19.2 Å². The third kappa shape index (κ3) is 2.18. The molecule has 0 unspecified atom stereocenters. The van der Waals surface area contributed by atoms with E-state index < -0.39 is 0 Å². The fraction of sp³-hybridized carbons (Fsp3) is 0.111. The molecule has 1 aromatic carbocycles. The second-order valence-electron chi connectivity index (χ2n) is 2.27. The predicted molar refractivity (Wildman–Crippen MR) is 56.8 cm³/mol. The van der Waals surface area contributed by atoms with E-state index in [0.29, 0.717) is 11.3 Å². The summed E-state index contributed by atoms with van der Waals surface area (Å²) in [5, 5.41) is 0. The fourth-order valence-corrected chi connectivity index (χ4v) is 1.57. The van der Waals surface area contributed by atoms with Crippen molar-refractivity contribution in [1.82, 2.24) is 0 Å². The molecule has 0 N–H and O–H groups in total. The van der Waals surface area contributed by atoms with Crippen molar-refractivity contribution in [1.29, 1.82) is 0 Å². The van der Waals surface area contributed by atoms with Crippen molar-refractivity contribution < 1.29 is 9.53 Å². The van der Waals surface area contributed by atoms with Gasteiger partial charge in [-0.1, -0.05) is 12.1 Å². The van der Waals surface area contributed by atoms with Gasteiger partial charge in [0.1, 0.15) is 0 Å². The summed E-state index contributed by atoms with van der Waals surface area (Å²) in [5.41, 5.74) is 1.02. The van der Waals surface area contributed by atoms with Crippen LogP contribution in [0.4, 0.5) is 5.69 Å². The normalized spacial score (nSPS) is 9.00. The van der Waals surface area contributed by atoms with Crippen LogP contribution in [0.5, 0.6) is 0 Å². The summed E-state index contributed by atoms with van der Waals surface area (Å²) < 4.78 is 5.30. The number of halogens is 1. The van der Waals surface area contributed by atoms with Gasteiger partial charge in [-0.25, -0.2) is 9.64 Å². The Morgan fingerprint density at radius 1 is 1.62 bits per heavy atom. The molecule has 1 rings (SSSR count). The van der Waals surface area contributed by atoms with Crippen LogP contribution in [0.2, 0.25) is 0 Å². The van der Waals surface area contributed by atoms with E-state index in [1.807, 2.05) is 22.6 Å². The Kier molecular flexibility index (Phi) is 3.25. The largest absolute Gasteiger partial charge is 0.465 e. The van der Waals surface area contributed by atoms with Gasteiger partial charge in [0.2, 0.25) is 0 Å². The van der Waals surface area contributed by atoms with Crippen LogP contribution in [0, 0.1) is 10.1 Å². The number of benzene rings is 1. The molecule has 1 aromatic rings. The molecule has 0 radical (unpaired) electrons. The number of esters is 1. The molecular weight excluding hydrogens is 281 g/mol. The van der Waals surface area contributed by atoms with Crippen LogP contribution < -0.4 is 0 Å². The maximum absolute atomic E-state index is 11.1. The lowest BCUT2D eigenvalue weighted by Crippen LogP contribution is -2.02. The van der Waals surface area contributed by atoms with Crippen LogP contribution in [0.25, 0.3) is 4.85 Å². The predicted octanol–water partition coefficient (Wildman–Crippen LogP) is 2.63. The molecule has 0 aliphatic heterocycles. The molecule has 3 nitrogen and oxygen atoms in total. The van der Waals surface area contributed by atoms with Crippen molar-refractivity contribution in [3.05, 3.63) is 38.7 Å². The van der Waals surface area contributed by atoms with Crippen molar-refractivity contribution in [2.45, 2.75) is 0 Å². The summed E-state index contributed by atoms with van der Waals surface area (Å²) in [4.78, 5) is 14.4. The molecule has 0 aromatic heterocycles. The van der Waals surface area contributed by atoms with Crippen LogP contribution in [-0.2, 0) is 4.74 Å². The molecule has 0 heterocycles. The average molecular weight is 287 g/mol. The van der Waals surface area contributed by atoms with E-state index >= 15 is 0 Å². The molecule has 0 saturated carbocycles. The van der Waals surface area contributed by atoms with Crippen LogP contribution in [0.1, 0.15) is 10.4 Å². The van der Waals surface area contributed by atoms with Crippen molar-refractivity contribution in [3.63, 3.8) is 0 Å². The van der Waals surface area contributed by atoms with E-state index in [1.54, 1.807) is 18.2 Å². The van der Waals surface area contributed by atoms with Gasteiger partial charge in [-0.2, -0.15) is 0 Å². The fourth-order valence-electron chi connectivity index (χ4n) is 0.849. The summed E-state index contributed by atoms with van der Waals surface area (Å²) in [6.07, 6.45) is 0. The number of ether oxygens (including phenoxy) is 1. The molecule has 0 aliphatic carbocycles. The maximum atomic E-state index is 11.1. The molecule has 4 heteroatoms. The lowest BCUT2D eigenvalue weighted by molar-refractivity contribution is 0.0599. The first-order valence-electron chi connectivity index (χ1n) is 3.44. The Balaban J connectivity index is 3.14. The summed E-state index contributed by atoms with van der Waals surface area (Å²) in [5.74, 6) is -0.374. The second kappa shape index (κ2) is 4.23. The van der Waals surface area contributed by atoms with Gasteiger partial charge >= 0.3 is 5.97 Å². The van der Waals surface area contributed by atoms with Crippen LogP contribution in [0.3, 0.4) is 0 Å². The Bertz CT molecular complexity index is 382. The summed E-state index contributed by atoms with van der Waals surface area (Å²) >= 11 is 2.00. The summed E-state index contributed by atoms with van der Waals surface area (Å²) in [7, 11) is 1.33. The molecule has 66 valence electrons. The lowest BCUT2D eigenvalue weighted by Gasteiger charge is -2.01. The maximum Gasteiger partial charge on any atom is 0.338 e. The first kappa shape index (κ1) is 9.99. The minimum Gasteiger partial charge on any atom is -0.465 e. The topological polar surface area (TPSA) is 30.7 Å². The molecule has 13 heavy (non-hydrogen) atoms. The molecule has 0 spiro atoms. The van der Waals surface area contributed by atoms with Gasteiger partial charge in [-0.05, 0) is 28.7 Å². The highest BCUT2D eigenvalue weighted by molar-refractivity contribution is 14.1. The summed E-state index contributed by atoms with van der Waals surface area (Å²) in [6.45, 7) is 6.77. The molecule has 0 saturated heterocycles. The van der Waals surface area contributed by atoms with Gasteiger partial charge in [-0.3, -0.25) is 0 Å². The van der Waals surface area contributed by atoms with Gasteiger partial charge in [0.25, 0.3) is 0 Å². The van der Waals surface area contributed by atoms with E-state index in [-0.39, 0.29) is 5.97 Å². The number of hydrogen-bond donors (Lipinski definition) is 0. The molecule has 0 fully saturated rings. The van der Waals surface area contributed by atoms with Crippen LogP contribution in [0.15, 0.2) is 18.2 Å². The number of methoxy groups -OCH3 is 1. The summed E-state index contributed by atoms with van der Waals surface area (Å²) in [6, 6.07) is 4.85. The highest BCUT2D eigenvalue weighted by Gasteiger charge is 2.09. The molecule has 0 bridgehead atoms. The van der Waals surface area contributed by atoms with Crippen molar-refractivity contribution in [3.8, 4) is 0 Å². The minimum atomic E-state index is -0.374. The standard InChI is InChI=1S/C9H6INO2/c1-11-6-3-4-7(8(10)5-6)9(12)13-2/h3-5H,2H3. The monoisotopic (exact) mass is 287 g/mol. The van der Waals surface area contributed by atoms with Gasteiger partial charge < -0.3 is 4.74 Å². The lowest BCUT2D eigenvalue weighted by atomic mass is 10.2. The molecular formula is C9H6INO2. The number of carbonyl (C=O) groups excluding carboxylic acids is 1. The zero-order valence-electron chi connectivity index (χ0n) is 6.87. The third-order valence-corrected chi connectivity index (χ3v) is 2.38. The Labute approximate surface area is 89.7 Å². The van der Waals surface area contributed by atoms with Gasteiger partial charge in [0, 0.05) is 3.57 Å². The van der Waals surface area contributed by atoms with Crippen molar-refractivity contribution >= 4 is 34.2 Å². The Hall–Kier alpha value is -1.09. The SMILES string of the molecule is [C-]#[N+]c1ccc(C(=O)OC)c(I)c1. The van der Waals surface area contributed by atoms with E-state index in [9.17, 15) is 4.79 Å². The van der Waals surface area contributed by atoms with Crippen molar-refractivity contribution in [2.75, 3.05) is 7.11 Å². The average Bonchev–Trinajstić information content (AvgIpc) is 2.16. The zero-order valence-corrected chi connectivity index (χ0v) is 9.03. The number of carbonyl (C=O) groups is 1. The third-order valence-electron chi connectivity index (χ3n) is 1.49. The molecule has 0 amide bonds. The van der Waals surface area contributed by atoms with Gasteiger partial charge in [0.15, 0.2) is 5.69 Å². The van der Waals surface area contributed by atoms with E-state index in [1.165, 1.54) is 7.11 Å². The number of nitrogens with zero attached hydrogens (tertiary/aromatic N) is 1. The van der Waals surface area contributed by atoms with Crippen LogP contribution in [-0.4, -0.2) is 13.1 Å². The second-order valence-corrected chi connectivity index (χ2v) is 3.43. The van der Waals surface area contributed by atoms with E-state index in [0.717, 1.165) is 3.57 Å². The molecule has 0 atom stereocenters. The zero-order chi connectivity index (χ0) is 9.84. The number of hydrogen-bond acceptors (Lipinski definition) is 2.